The topological polar surface area (TPSA) is 170 Å². The minimum Gasteiger partial charge on any atom is -0.403 e. The summed E-state index contributed by atoms with van der Waals surface area (Å²) in [5, 5.41) is 22.2. The molecule has 1 unspecified atom stereocenters. The molecule has 246 valence electrons. The summed E-state index contributed by atoms with van der Waals surface area (Å²) in [6.07, 6.45) is 1.67. The lowest BCUT2D eigenvalue weighted by Gasteiger charge is -2.27. The van der Waals surface area contributed by atoms with Crippen LogP contribution < -0.4 is 4.52 Å². The lowest BCUT2D eigenvalue weighted by atomic mass is 9.81. The number of carbonyl (C=O) groups excluding carboxylic acids is 2. The number of aromatic nitrogens is 1. The Balaban J connectivity index is 1.21. The fraction of sp³-hybridized carbons (Fsp3) is 0.143. The number of non-ortho nitro benzene ring substituents is 2. The van der Waals surface area contributed by atoms with Crippen molar-refractivity contribution in [2.75, 3.05) is 0 Å². The quantitative estimate of drug-likeness (QED) is 0.0802. The molecule has 1 atom stereocenters. The van der Waals surface area contributed by atoms with E-state index in [0.29, 0.717) is 23.2 Å². The molecule has 49 heavy (non-hydrogen) atoms. The highest BCUT2D eigenvalue weighted by atomic mass is 31.2. The van der Waals surface area contributed by atoms with E-state index in [2.05, 4.69) is 0 Å². The molecule has 7 rings (SSSR count). The number of nitro benzene ring substituents is 2. The lowest BCUT2D eigenvalue weighted by molar-refractivity contribution is -0.385. The molecule has 0 bridgehead atoms. The van der Waals surface area contributed by atoms with Crippen molar-refractivity contribution in [2.45, 2.75) is 32.6 Å². The summed E-state index contributed by atoms with van der Waals surface area (Å²) >= 11 is 0. The van der Waals surface area contributed by atoms with E-state index in [-0.39, 0.29) is 58.7 Å². The molecule has 0 saturated carbocycles. The minimum absolute atomic E-state index is 0.0762. The van der Waals surface area contributed by atoms with Gasteiger partial charge < -0.3 is 9.09 Å². The van der Waals surface area contributed by atoms with Gasteiger partial charge in [0.25, 0.3) is 11.4 Å². The predicted octanol–water partition coefficient (Wildman–Crippen LogP) is 7.51. The highest BCUT2D eigenvalue weighted by Crippen LogP contribution is 2.53. The summed E-state index contributed by atoms with van der Waals surface area (Å²) in [7, 11) is -4.60. The first kappa shape index (κ1) is 31.8. The fourth-order valence-electron chi connectivity index (χ4n) is 6.26. The maximum absolute atomic E-state index is 14.2. The molecule has 0 spiro atoms. The van der Waals surface area contributed by atoms with Crippen LogP contribution in [0.3, 0.4) is 0 Å². The second kappa shape index (κ2) is 12.4. The van der Waals surface area contributed by atoms with Crippen molar-refractivity contribution in [3.05, 3.63) is 168 Å². The molecule has 4 aromatic carbocycles. The van der Waals surface area contributed by atoms with Gasteiger partial charge in [0.2, 0.25) is 0 Å². The highest BCUT2D eigenvalue weighted by molar-refractivity contribution is 7.48. The van der Waals surface area contributed by atoms with Gasteiger partial charge in [0.05, 0.1) is 39.8 Å². The van der Waals surface area contributed by atoms with Gasteiger partial charge in [-0.3, -0.25) is 38.9 Å². The van der Waals surface area contributed by atoms with E-state index < -0.39 is 23.5 Å². The molecule has 0 fully saturated rings. The van der Waals surface area contributed by atoms with Gasteiger partial charge in [-0.15, -0.1) is 0 Å². The Morgan fingerprint density at radius 2 is 1.33 bits per heavy atom. The number of hydrogen-bond acceptors (Lipinski definition) is 10. The van der Waals surface area contributed by atoms with Gasteiger partial charge in [0, 0.05) is 54.2 Å². The van der Waals surface area contributed by atoms with E-state index in [0.717, 1.165) is 16.8 Å². The third-order valence-electron chi connectivity index (χ3n) is 8.65. The predicted molar refractivity (Wildman–Crippen MR) is 175 cm³/mol. The Morgan fingerprint density at radius 1 is 0.755 bits per heavy atom. The second-order valence-corrected chi connectivity index (χ2v) is 13.2. The summed E-state index contributed by atoms with van der Waals surface area (Å²) in [6, 6.07) is 23.0. The van der Waals surface area contributed by atoms with Gasteiger partial charge >= 0.3 is 7.82 Å². The number of nitrogens with zero attached hydrogens (tertiary/aromatic N) is 3. The van der Waals surface area contributed by atoms with E-state index in [1.165, 1.54) is 66.7 Å². The van der Waals surface area contributed by atoms with Crippen LogP contribution in [0.2, 0.25) is 0 Å². The Hall–Kier alpha value is -5.75. The first-order chi connectivity index (χ1) is 23.5. The molecular formula is C35H26N3O10P. The third kappa shape index (κ3) is 5.84. The average Bonchev–Trinajstić information content (AvgIpc) is 3.50. The second-order valence-electron chi connectivity index (χ2n) is 11.6. The van der Waals surface area contributed by atoms with Crippen LogP contribution in [0, 0.1) is 20.2 Å². The first-order valence-corrected chi connectivity index (χ1v) is 16.6. The number of benzene rings is 4. The van der Waals surface area contributed by atoms with Crippen LogP contribution in [0.5, 0.6) is 5.75 Å². The number of rotatable bonds is 10. The number of phosphoric acid groups is 1. The normalized spacial score (nSPS) is 14.8. The van der Waals surface area contributed by atoms with Crippen molar-refractivity contribution in [3.8, 4) is 5.75 Å². The first-order valence-electron chi connectivity index (χ1n) is 15.1. The van der Waals surface area contributed by atoms with Gasteiger partial charge in [-0.2, -0.15) is 0 Å². The molecule has 0 N–H and O–H groups in total. The number of phosphoric ester groups is 1. The molecule has 14 heteroatoms. The molecule has 2 aliphatic rings. The average molecular weight is 680 g/mol. The largest absolute Gasteiger partial charge is 0.530 e. The molecule has 13 nitrogen and oxygen atoms in total. The smallest absolute Gasteiger partial charge is 0.403 e. The van der Waals surface area contributed by atoms with Crippen LogP contribution in [-0.2, 0) is 33.4 Å². The van der Waals surface area contributed by atoms with E-state index in [4.69, 9.17) is 13.6 Å². The van der Waals surface area contributed by atoms with Crippen LogP contribution >= 0.6 is 7.82 Å². The van der Waals surface area contributed by atoms with Gasteiger partial charge in [-0.1, -0.05) is 43.3 Å². The molecule has 0 radical (unpaired) electrons. The summed E-state index contributed by atoms with van der Waals surface area (Å²) in [6.45, 7) is 1.78. The standard InChI is InChI=1S/C35H26N3O10P/c1-21-27-6-3-2-5-24(27)17-36-18-29-32(33(21)36)34(39)28-7-4-8-30(31(28)35(29)40)48-49(45,46-19-22-9-13-25(14-10-22)37(41)42)47-20-23-11-15-26(16-12-23)38(43)44/h2-16,18,21H,17,19-20H2,1H3. The zero-order valence-corrected chi connectivity index (χ0v) is 26.7. The molecule has 5 aromatic rings. The van der Waals surface area contributed by atoms with Crippen molar-refractivity contribution in [1.29, 1.82) is 0 Å². The van der Waals surface area contributed by atoms with Crippen LogP contribution in [-0.4, -0.2) is 26.0 Å². The Kier molecular flexibility index (Phi) is 8.03. The van der Waals surface area contributed by atoms with Gasteiger partial charge in [-0.25, -0.2) is 4.57 Å². The summed E-state index contributed by atoms with van der Waals surface area (Å²) in [5.74, 6) is -1.20. The maximum atomic E-state index is 14.2. The van der Waals surface area contributed by atoms with Crippen molar-refractivity contribution >= 4 is 30.8 Å². The Bertz CT molecular complexity index is 2160. The van der Waals surface area contributed by atoms with Crippen LogP contribution in [0.25, 0.3) is 0 Å². The summed E-state index contributed by atoms with van der Waals surface area (Å²) in [5.41, 5.74) is 3.94. The van der Waals surface area contributed by atoms with Crippen molar-refractivity contribution in [2.24, 2.45) is 0 Å². The Morgan fingerprint density at radius 3 is 1.92 bits per heavy atom. The molecule has 1 aromatic heterocycles. The number of fused-ring (bicyclic) bond motifs is 5. The summed E-state index contributed by atoms with van der Waals surface area (Å²) in [4.78, 5) is 49.3. The zero-order valence-electron chi connectivity index (χ0n) is 25.8. The molecule has 0 saturated heterocycles. The van der Waals surface area contributed by atoms with Gasteiger partial charge in [-0.05, 0) is 52.6 Å². The van der Waals surface area contributed by atoms with Crippen LogP contribution in [0.15, 0.2) is 97.2 Å². The van der Waals surface area contributed by atoms with E-state index in [1.54, 1.807) is 6.20 Å². The molecule has 1 aliphatic carbocycles. The number of carbonyl (C=O) groups is 2. The lowest BCUT2D eigenvalue weighted by Crippen LogP contribution is -2.23. The molecule has 2 heterocycles. The number of hydrogen-bond donors (Lipinski definition) is 0. The zero-order chi connectivity index (χ0) is 34.4. The van der Waals surface area contributed by atoms with Crippen molar-refractivity contribution in [3.63, 3.8) is 0 Å². The van der Waals surface area contributed by atoms with Gasteiger partial charge in [0.1, 0.15) is 5.75 Å². The van der Waals surface area contributed by atoms with Crippen LogP contribution in [0.4, 0.5) is 11.4 Å². The monoisotopic (exact) mass is 679 g/mol. The van der Waals surface area contributed by atoms with Gasteiger partial charge in [0.15, 0.2) is 11.6 Å². The highest BCUT2D eigenvalue weighted by Gasteiger charge is 2.41. The maximum Gasteiger partial charge on any atom is 0.530 e. The number of ketones is 2. The van der Waals surface area contributed by atoms with Crippen molar-refractivity contribution in [1.82, 2.24) is 4.57 Å². The third-order valence-corrected chi connectivity index (χ3v) is 9.96. The van der Waals surface area contributed by atoms with E-state index >= 15 is 0 Å². The molecule has 1 aliphatic heterocycles. The number of nitro groups is 2. The fourth-order valence-corrected chi connectivity index (χ4v) is 7.44. The molecule has 0 amide bonds. The van der Waals surface area contributed by atoms with E-state index in [9.17, 15) is 34.4 Å². The van der Waals surface area contributed by atoms with E-state index in [1.807, 2.05) is 35.8 Å². The molecular weight excluding hydrogens is 653 g/mol. The van der Waals surface area contributed by atoms with Crippen LogP contribution in [0.1, 0.15) is 72.6 Å². The SMILES string of the molecule is CC1c2ccccc2Cn2cc3c(c21)C(=O)c1cccc(OP(=O)(OCc2ccc([N+](=O)[O-])cc2)OCc2ccc([N+](=O)[O-])cc2)c1C3=O. The minimum atomic E-state index is -4.60. The summed E-state index contributed by atoms with van der Waals surface area (Å²) < 4.78 is 33.4. The van der Waals surface area contributed by atoms with Crippen molar-refractivity contribution < 1.29 is 37.6 Å². The Labute approximate surface area is 278 Å².